The van der Waals surface area contributed by atoms with E-state index in [1.807, 2.05) is 90.6 Å². The molecule has 50 heavy (non-hydrogen) atoms. The zero-order valence-corrected chi connectivity index (χ0v) is 28.5. The average molecular weight is 709 g/mol. The number of rotatable bonds is 10. The van der Waals surface area contributed by atoms with Crippen molar-refractivity contribution in [3.8, 4) is 11.1 Å². The minimum absolute atomic E-state index is 0.0309. The van der Waals surface area contributed by atoms with Crippen molar-refractivity contribution in [3.05, 3.63) is 107 Å². The Bertz CT molecular complexity index is 1780. The van der Waals surface area contributed by atoms with E-state index in [2.05, 4.69) is 17.2 Å². The third kappa shape index (κ3) is 8.07. The Morgan fingerprint density at radius 2 is 1.74 bits per heavy atom. The number of ether oxygens (including phenoxy) is 2. The lowest BCUT2D eigenvalue weighted by atomic mass is 9.91. The third-order valence-corrected chi connectivity index (χ3v) is 10.4. The minimum atomic E-state index is -5.02. The number of aliphatic hydroxyl groups excluding tert-OH is 1. The molecule has 0 spiro atoms. The second kappa shape index (κ2) is 15.4. The SMILES string of the molecule is C[C@@H]1[C@H](CSc2nccn2C)O[C@H](c2ccc(-c3cccc(CNC(=O)[C@@H]4CCCN4C(=O)C(F)(F)F)c3)cc2)O[C@@H]1c1ccc(CO)cc1. The van der Waals surface area contributed by atoms with Gasteiger partial charge in [0.2, 0.25) is 5.91 Å². The molecule has 0 saturated carbocycles. The van der Waals surface area contributed by atoms with Crippen LogP contribution in [0.2, 0.25) is 0 Å². The topological polar surface area (TPSA) is 106 Å². The van der Waals surface area contributed by atoms with Gasteiger partial charge in [-0.2, -0.15) is 13.2 Å². The van der Waals surface area contributed by atoms with Gasteiger partial charge in [-0.15, -0.1) is 0 Å². The molecule has 0 aliphatic carbocycles. The summed E-state index contributed by atoms with van der Waals surface area (Å²) in [6.45, 7) is 2.10. The number of alkyl halides is 3. The molecular weight excluding hydrogens is 669 g/mol. The van der Waals surface area contributed by atoms with Crippen LogP contribution < -0.4 is 5.32 Å². The number of nitrogens with one attached hydrogen (secondary N) is 1. The van der Waals surface area contributed by atoms with Crippen LogP contribution in [0.5, 0.6) is 0 Å². The van der Waals surface area contributed by atoms with Gasteiger partial charge in [0.05, 0.1) is 18.8 Å². The smallest absolute Gasteiger partial charge is 0.392 e. The molecule has 2 aliphatic rings. The molecule has 3 aromatic carbocycles. The summed E-state index contributed by atoms with van der Waals surface area (Å²) in [6.07, 6.45) is -1.83. The number of likely N-dealkylation sites (tertiary alicyclic amines) is 1. The summed E-state index contributed by atoms with van der Waals surface area (Å²) >= 11 is 1.63. The molecule has 9 nitrogen and oxygen atoms in total. The highest BCUT2D eigenvalue weighted by molar-refractivity contribution is 7.99. The summed E-state index contributed by atoms with van der Waals surface area (Å²) in [7, 11) is 1.96. The maximum absolute atomic E-state index is 13.0. The first kappa shape index (κ1) is 35.6. The predicted octanol–water partition coefficient (Wildman–Crippen LogP) is 6.33. The second-order valence-electron chi connectivity index (χ2n) is 12.6. The summed E-state index contributed by atoms with van der Waals surface area (Å²) in [5, 5.41) is 13.1. The van der Waals surface area contributed by atoms with Crippen LogP contribution in [0.3, 0.4) is 0 Å². The van der Waals surface area contributed by atoms with Gasteiger partial charge in [0.1, 0.15) is 6.04 Å². The molecule has 2 fully saturated rings. The van der Waals surface area contributed by atoms with E-state index in [9.17, 15) is 27.9 Å². The van der Waals surface area contributed by atoms with E-state index in [0.29, 0.717) is 17.1 Å². The first-order valence-corrected chi connectivity index (χ1v) is 17.5. The number of aromatic nitrogens is 2. The number of hydrogen-bond acceptors (Lipinski definition) is 7. The van der Waals surface area contributed by atoms with Crippen LogP contribution in [0.4, 0.5) is 13.2 Å². The molecule has 1 aromatic heterocycles. The fraction of sp³-hybridized carbons (Fsp3) is 0.378. The van der Waals surface area contributed by atoms with Gasteiger partial charge < -0.3 is 29.4 Å². The first-order chi connectivity index (χ1) is 24.0. The van der Waals surface area contributed by atoms with Crippen molar-refractivity contribution in [1.29, 1.82) is 0 Å². The number of aryl methyl sites for hydroxylation is 1. The van der Waals surface area contributed by atoms with Crippen molar-refractivity contribution >= 4 is 23.6 Å². The fourth-order valence-electron chi connectivity index (χ4n) is 6.40. The molecule has 0 unspecified atom stereocenters. The van der Waals surface area contributed by atoms with Gasteiger partial charge >= 0.3 is 12.1 Å². The molecule has 264 valence electrons. The molecule has 13 heteroatoms. The Morgan fingerprint density at radius 3 is 2.42 bits per heavy atom. The second-order valence-corrected chi connectivity index (χ2v) is 13.6. The summed E-state index contributed by atoms with van der Waals surface area (Å²) in [5.74, 6) is -1.87. The highest BCUT2D eigenvalue weighted by Gasteiger charge is 2.47. The number of nitrogens with zero attached hydrogens (tertiary/aromatic N) is 3. The Kier molecular flexibility index (Phi) is 11.0. The number of amides is 2. The summed E-state index contributed by atoms with van der Waals surface area (Å²) < 4.78 is 54.2. The van der Waals surface area contributed by atoms with E-state index in [1.54, 1.807) is 18.0 Å². The molecule has 5 atom stereocenters. The van der Waals surface area contributed by atoms with Gasteiger partial charge in [-0.05, 0) is 46.7 Å². The number of imidazole rings is 1. The number of thioether (sulfide) groups is 1. The Labute approximate surface area is 292 Å². The fourth-order valence-corrected chi connectivity index (χ4v) is 7.50. The highest BCUT2D eigenvalue weighted by atomic mass is 32.2. The maximum atomic E-state index is 13.0. The highest BCUT2D eigenvalue weighted by Crippen LogP contribution is 2.43. The van der Waals surface area contributed by atoms with Gasteiger partial charge in [0.25, 0.3) is 0 Å². The van der Waals surface area contributed by atoms with Gasteiger partial charge in [0, 0.05) is 49.8 Å². The third-order valence-electron chi connectivity index (χ3n) is 9.25. The molecule has 2 amide bonds. The molecular formula is C37H39F3N4O5S. The van der Waals surface area contributed by atoms with E-state index < -0.39 is 30.3 Å². The van der Waals surface area contributed by atoms with Crippen LogP contribution in [-0.4, -0.2) is 62.0 Å². The molecule has 3 heterocycles. The monoisotopic (exact) mass is 708 g/mol. The van der Waals surface area contributed by atoms with E-state index in [-0.39, 0.29) is 44.2 Å². The van der Waals surface area contributed by atoms with Crippen LogP contribution in [-0.2, 0) is 39.3 Å². The number of carbonyl (C=O) groups excluding carboxylic acids is 2. The average Bonchev–Trinajstić information content (AvgIpc) is 3.79. The van der Waals surface area contributed by atoms with Crippen LogP contribution >= 0.6 is 11.8 Å². The summed E-state index contributed by atoms with van der Waals surface area (Å²) in [5.41, 5.74) is 5.25. The lowest BCUT2D eigenvalue weighted by molar-refractivity contribution is -0.268. The van der Waals surface area contributed by atoms with Crippen molar-refractivity contribution in [1.82, 2.24) is 19.8 Å². The molecule has 4 aromatic rings. The molecule has 6 rings (SSSR count). The largest absolute Gasteiger partial charge is 0.471 e. The van der Waals surface area contributed by atoms with Crippen molar-refractivity contribution < 1.29 is 37.3 Å². The van der Waals surface area contributed by atoms with E-state index in [1.165, 1.54) is 0 Å². The lowest BCUT2D eigenvalue weighted by Gasteiger charge is -2.41. The normalized spacial score (nSPS) is 22.4. The molecule has 0 radical (unpaired) electrons. The number of halogens is 3. The van der Waals surface area contributed by atoms with Crippen molar-refractivity contribution in [2.75, 3.05) is 12.3 Å². The van der Waals surface area contributed by atoms with Gasteiger partial charge in [-0.25, -0.2) is 4.98 Å². The van der Waals surface area contributed by atoms with Crippen LogP contribution in [0, 0.1) is 5.92 Å². The van der Waals surface area contributed by atoms with E-state index in [0.717, 1.165) is 38.5 Å². The van der Waals surface area contributed by atoms with Gasteiger partial charge in [-0.1, -0.05) is 85.4 Å². The first-order valence-electron chi connectivity index (χ1n) is 16.5. The van der Waals surface area contributed by atoms with Gasteiger partial charge in [0.15, 0.2) is 11.4 Å². The van der Waals surface area contributed by atoms with Crippen molar-refractivity contribution in [2.24, 2.45) is 13.0 Å². The quantitative estimate of drug-likeness (QED) is 0.186. The molecule has 2 saturated heterocycles. The van der Waals surface area contributed by atoms with Crippen molar-refractivity contribution in [2.45, 2.75) is 68.8 Å². The summed E-state index contributed by atoms with van der Waals surface area (Å²) in [6, 6.07) is 22.0. The number of aliphatic hydroxyl groups is 1. The minimum Gasteiger partial charge on any atom is -0.392 e. The number of benzene rings is 3. The zero-order valence-electron chi connectivity index (χ0n) is 27.7. The van der Waals surface area contributed by atoms with Crippen molar-refractivity contribution in [3.63, 3.8) is 0 Å². The van der Waals surface area contributed by atoms with E-state index in [4.69, 9.17) is 9.47 Å². The van der Waals surface area contributed by atoms with Crippen LogP contribution in [0.25, 0.3) is 11.1 Å². The Hall–Kier alpha value is -4.17. The molecule has 0 bridgehead atoms. The molecule has 2 N–H and O–H groups in total. The summed E-state index contributed by atoms with van der Waals surface area (Å²) in [4.78, 5) is 29.6. The van der Waals surface area contributed by atoms with Crippen LogP contribution in [0.1, 0.15) is 54.4 Å². The maximum Gasteiger partial charge on any atom is 0.471 e. The number of hydrogen-bond donors (Lipinski definition) is 2. The standard InChI is InChI=1S/C37H39F3N4O5S/c1-23-31(22-50-36-41-16-18-43(36)2)48-34(49-32(23)27-10-8-24(21-45)9-11-27)28-14-12-26(13-15-28)29-6-3-5-25(19-29)20-42-33(46)30-7-4-17-44(30)35(47)37(38,39)40/h3,5-6,8-16,18-19,23,30-32,34,45H,4,7,17,20-22H2,1-2H3,(H,42,46)/t23-,30+,31+,32+,34+/m1/s1. The van der Waals surface area contributed by atoms with E-state index >= 15 is 0 Å². The molecule has 2 aliphatic heterocycles. The Balaban J connectivity index is 1.14. The number of carbonyl (C=O) groups is 2. The predicted molar refractivity (Wildman–Crippen MR) is 181 cm³/mol. The lowest BCUT2D eigenvalue weighted by Crippen LogP contribution is -2.50. The Morgan fingerprint density at radius 1 is 1.00 bits per heavy atom. The zero-order chi connectivity index (χ0) is 35.4. The van der Waals surface area contributed by atoms with Gasteiger partial charge in [-0.3, -0.25) is 9.59 Å². The van der Waals surface area contributed by atoms with Crippen LogP contribution in [0.15, 0.2) is 90.3 Å².